The van der Waals surface area contributed by atoms with Crippen molar-refractivity contribution in [1.82, 2.24) is 20.6 Å². The van der Waals surface area contributed by atoms with E-state index in [1.807, 2.05) is 11.8 Å². The average molecular weight is 381 g/mol. The molecular weight excluding hydrogens is 362 g/mol. The Bertz CT molecular complexity index is 649. The number of nitrogens with zero attached hydrogens (tertiary/aromatic N) is 1. The average Bonchev–Trinajstić information content (AvgIpc) is 2.88. The number of carbonyl (C=O) groups excluding carboxylic acids is 1. The first-order valence-corrected chi connectivity index (χ1v) is 8.08. The van der Waals surface area contributed by atoms with Crippen LogP contribution in [-0.4, -0.2) is 40.0 Å². The summed E-state index contributed by atoms with van der Waals surface area (Å²) in [6, 6.07) is 4.64. The minimum absolute atomic E-state index is 0. The molecule has 1 aromatic heterocycles. The van der Waals surface area contributed by atoms with Crippen molar-refractivity contribution in [2.24, 2.45) is 0 Å². The van der Waals surface area contributed by atoms with Gasteiger partial charge in [-0.15, -0.1) is 24.8 Å². The Labute approximate surface area is 150 Å². The highest BCUT2D eigenvalue weighted by molar-refractivity contribution is 7.99. The third kappa shape index (κ3) is 5.53. The van der Waals surface area contributed by atoms with Crippen molar-refractivity contribution in [3.63, 3.8) is 0 Å². The summed E-state index contributed by atoms with van der Waals surface area (Å²) in [5, 5.41) is 6.18. The number of hydrogen-bond donors (Lipinski definition) is 3. The molecule has 1 atom stereocenters. The lowest BCUT2D eigenvalue weighted by Crippen LogP contribution is -2.41. The van der Waals surface area contributed by atoms with Crippen LogP contribution in [0.25, 0.3) is 11.0 Å². The molecule has 9 heteroatoms. The van der Waals surface area contributed by atoms with E-state index in [2.05, 4.69) is 20.6 Å². The number of rotatable bonds is 4. The molecule has 1 unspecified atom stereocenters. The summed E-state index contributed by atoms with van der Waals surface area (Å²) >= 11 is 1.87. The Kier molecular flexibility index (Phi) is 8.11. The highest BCUT2D eigenvalue weighted by Crippen LogP contribution is 2.13. The second-order valence-corrected chi connectivity index (χ2v) is 6.20. The first-order chi connectivity index (χ1) is 10.2. The Hall–Kier alpha value is -1.02. The molecule has 1 aliphatic rings. The molecule has 1 saturated heterocycles. The van der Waals surface area contributed by atoms with E-state index in [1.165, 1.54) is 12.1 Å². The predicted octanol–water partition coefficient (Wildman–Crippen LogP) is 2.26. The van der Waals surface area contributed by atoms with Crippen LogP contribution in [0.2, 0.25) is 0 Å². The fourth-order valence-corrected chi connectivity index (χ4v) is 3.30. The van der Waals surface area contributed by atoms with Gasteiger partial charge in [-0.2, -0.15) is 11.8 Å². The molecule has 0 radical (unpaired) electrons. The van der Waals surface area contributed by atoms with E-state index in [4.69, 9.17) is 0 Å². The van der Waals surface area contributed by atoms with Crippen LogP contribution < -0.4 is 10.6 Å². The molecule has 1 fully saturated rings. The molecule has 2 heterocycles. The Morgan fingerprint density at radius 2 is 2.26 bits per heavy atom. The fraction of sp³-hybridized carbons (Fsp3) is 0.429. The first kappa shape index (κ1) is 20.0. The highest BCUT2D eigenvalue weighted by atomic mass is 35.5. The van der Waals surface area contributed by atoms with Crippen LogP contribution in [0.5, 0.6) is 0 Å². The van der Waals surface area contributed by atoms with Gasteiger partial charge in [-0.1, -0.05) is 0 Å². The molecule has 1 aromatic carbocycles. The number of halogens is 3. The Morgan fingerprint density at radius 1 is 1.43 bits per heavy atom. The van der Waals surface area contributed by atoms with E-state index in [0.29, 0.717) is 29.8 Å². The van der Waals surface area contributed by atoms with Gasteiger partial charge in [-0.05, 0) is 18.2 Å². The maximum Gasteiger partial charge on any atom is 0.221 e. The fourth-order valence-electron chi connectivity index (χ4n) is 2.35. The van der Waals surface area contributed by atoms with Crippen LogP contribution in [0.3, 0.4) is 0 Å². The van der Waals surface area contributed by atoms with E-state index in [0.717, 1.165) is 18.1 Å². The van der Waals surface area contributed by atoms with Crippen molar-refractivity contribution in [3.05, 3.63) is 29.8 Å². The standard InChI is InChI=1S/C14H17FN4OS.2ClH/c15-9-1-2-11-12(5-9)19-13(18-11)7-17-14(20)6-10-8-21-4-3-16-10;;/h1-2,5,10,16H,3-4,6-8H2,(H,17,20)(H,18,19);2*1H. The van der Waals surface area contributed by atoms with E-state index >= 15 is 0 Å². The molecule has 128 valence electrons. The van der Waals surface area contributed by atoms with E-state index in [9.17, 15) is 9.18 Å². The third-order valence-corrected chi connectivity index (χ3v) is 4.51. The molecule has 1 aliphatic heterocycles. The topological polar surface area (TPSA) is 69.8 Å². The van der Waals surface area contributed by atoms with Crippen molar-refractivity contribution < 1.29 is 9.18 Å². The summed E-state index contributed by atoms with van der Waals surface area (Å²) < 4.78 is 13.1. The van der Waals surface area contributed by atoms with E-state index < -0.39 is 0 Å². The maximum atomic E-state index is 13.1. The Balaban J connectivity index is 0.00000132. The SMILES string of the molecule is Cl.Cl.O=C(CC1CSCCN1)NCc1nc2ccc(F)cc2[nH]1. The number of H-pyrrole nitrogens is 1. The molecule has 3 N–H and O–H groups in total. The van der Waals surface area contributed by atoms with Gasteiger partial charge in [-0.3, -0.25) is 4.79 Å². The number of fused-ring (bicyclic) bond motifs is 1. The highest BCUT2D eigenvalue weighted by Gasteiger charge is 2.16. The van der Waals surface area contributed by atoms with Crippen LogP contribution in [0.1, 0.15) is 12.2 Å². The van der Waals surface area contributed by atoms with Crippen molar-refractivity contribution in [1.29, 1.82) is 0 Å². The van der Waals surface area contributed by atoms with Crippen molar-refractivity contribution in [2.75, 3.05) is 18.1 Å². The molecule has 3 rings (SSSR count). The van der Waals surface area contributed by atoms with Crippen molar-refractivity contribution >= 4 is 53.5 Å². The van der Waals surface area contributed by atoms with Gasteiger partial charge in [0.2, 0.25) is 5.91 Å². The van der Waals surface area contributed by atoms with E-state index in [1.54, 1.807) is 6.07 Å². The smallest absolute Gasteiger partial charge is 0.221 e. The summed E-state index contributed by atoms with van der Waals surface area (Å²) in [5.41, 5.74) is 1.34. The number of imidazole rings is 1. The quantitative estimate of drug-likeness (QED) is 0.760. The molecule has 23 heavy (non-hydrogen) atoms. The third-order valence-electron chi connectivity index (χ3n) is 3.38. The van der Waals surface area contributed by atoms with Crippen LogP contribution in [0.15, 0.2) is 18.2 Å². The largest absolute Gasteiger partial charge is 0.349 e. The summed E-state index contributed by atoms with van der Waals surface area (Å²) in [7, 11) is 0. The lowest BCUT2D eigenvalue weighted by atomic mass is 10.2. The molecule has 0 aliphatic carbocycles. The molecule has 1 amide bonds. The molecule has 2 aromatic rings. The van der Waals surface area contributed by atoms with Gasteiger partial charge in [0.25, 0.3) is 0 Å². The van der Waals surface area contributed by atoms with Crippen LogP contribution >= 0.6 is 36.6 Å². The minimum Gasteiger partial charge on any atom is -0.349 e. The van der Waals surface area contributed by atoms with Gasteiger partial charge in [-0.25, -0.2) is 9.37 Å². The van der Waals surface area contributed by atoms with Crippen LogP contribution in [0.4, 0.5) is 4.39 Å². The normalized spacial score (nSPS) is 17.2. The van der Waals surface area contributed by atoms with Crippen LogP contribution in [-0.2, 0) is 11.3 Å². The van der Waals surface area contributed by atoms with Gasteiger partial charge in [0, 0.05) is 30.5 Å². The number of aromatic amines is 1. The van der Waals surface area contributed by atoms with Crippen LogP contribution in [0, 0.1) is 5.82 Å². The zero-order valence-electron chi connectivity index (χ0n) is 12.3. The molecule has 0 spiro atoms. The minimum atomic E-state index is -0.303. The first-order valence-electron chi connectivity index (χ1n) is 6.93. The summed E-state index contributed by atoms with van der Waals surface area (Å²) in [5.74, 6) is 2.41. The zero-order chi connectivity index (χ0) is 14.7. The number of hydrogen-bond acceptors (Lipinski definition) is 4. The molecular formula is C14H19Cl2FN4OS. The Morgan fingerprint density at radius 3 is 3.00 bits per heavy atom. The lowest BCUT2D eigenvalue weighted by molar-refractivity contribution is -0.121. The number of thioether (sulfide) groups is 1. The predicted molar refractivity (Wildman–Crippen MR) is 96.1 cm³/mol. The summed E-state index contributed by atoms with van der Waals surface area (Å²) in [6.07, 6.45) is 0.474. The number of carbonyl (C=O) groups is 1. The van der Waals surface area contributed by atoms with Gasteiger partial charge < -0.3 is 15.6 Å². The summed E-state index contributed by atoms with van der Waals surface area (Å²) in [6.45, 7) is 1.28. The van der Waals surface area contributed by atoms with Crippen molar-refractivity contribution in [3.8, 4) is 0 Å². The van der Waals surface area contributed by atoms with Gasteiger partial charge in [0.15, 0.2) is 0 Å². The monoisotopic (exact) mass is 380 g/mol. The summed E-state index contributed by atoms with van der Waals surface area (Å²) in [4.78, 5) is 19.2. The van der Waals surface area contributed by atoms with Gasteiger partial charge in [0.05, 0.1) is 17.6 Å². The number of benzene rings is 1. The van der Waals surface area contributed by atoms with Crippen molar-refractivity contribution in [2.45, 2.75) is 19.0 Å². The zero-order valence-corrected chi connectivity index (χ0v) is 14.8. The lowest BCUT2D eigenvalue weighted by Gasteiger charge is -2.22. The maximum absolute atomic E-state index is 13.1. The van der Waals surface area contributed by atoms with Gasteiger partial charge in [0.1, 0.15) is 11.6 Å². The molecule has 0 bridgehead atoms. The van der Waals surface area contributed by atoms with E-state index in [-0.39, 0.29) is 42.6 Å². The number of nitrogens with one attached hydrogen (secondary N) is 3. The number of amides is 1. The number of aromatic nitrogens is 2. The second kappa shape index (κ2) is 9.32. The second-order valence-electron chi connectivity index (χ2n) is 5.05. The van der Waals surface area contributed by atoms with Gasteiger partial charge >= 0.3 is 0 Å². The molecule has 5 nitrogen and oxygen atoms in total. The molecule has 0 saturated carbocycles.